The highest BCUT2D eigenvalue weighted by molar-refractivity contribution is 6.00. The van der Waals surface area contributed by atoms with Crippen molar-refractivity contribution >= 4 is 45.4 Å². The maximum absolute atomic E-state index is 2.69. The quantitative estimate of drug-likeness (QED) is 0.125. The molecule has 2 aliphatic rings. The van der Waals surface area contributed by atoms with Gasteiger partial charge in [-0.05, 0) is 109 Å². The van der Waals surface area contributed by atoms with E-state index in [0.29, 0.717) is 12.0 Å². The van der Waals surface area contributed by atoms with E-state index in [-0.39, 0.29) is 0 Å². The van der Waals surface area contributed by atoms with Crippen LogP contribution in [0.4, 0.5) is 11.4 Å². The van der Waals surface area contributed by atoms with Crippen LogP contribution in [-0.4, -0.2) is 6.04 Å². The second-order valence-electron chi connectivity index (χ2n) is 16.3. The molecule has 1 heteroatoms. The minimum absolute atomic E-state index is 0.419. The Kier molecular flexibility index (Phi) is 10.9. The molecule has 1 nitrogen and oxygen atoms in total. The molecule has 294 valence electrons. The summed E-state index contributed by atoms with van der Waals surface area (Å²) in [7, 11) is 0. The van der Waals surface area contributed by atoms with Crippen molar-refractivity contribution < 1.29 is 0 Å². The number of benzene rings is 8. The van der Waals surface area contributed by atoms with E-state index in [4.69, 9.17) is 0 Å². The topological polar surface area (TPSA) is 3.24 Å². The molecule has 1 aliphatic carbocycles. The van der Waals surface area contributed by atoms with Gasteiger partial charge in [-0.3, -0.25) is 0 Å². The standard InChI is InChI=1S/C60H49N/c1-5-22-46(23-6-1)52(47-24-7-2-8-25-47)34-17-20-44-38-40-51(41-39-44)61-58-37-16-15-33-56(58)60-57(55-36-19-31-50-30-13-14-32-54(50)55)42-45(43-59(60)61)21-18-35-53(48-26-9-3-10-27-48)49-28-11-4-12-29-49/h1-14,17-32,34-36,38-43,56,58H,15-16,33,37H2/b20-17+,21-18+. The second-order valence-corrected chi connectivity index (χ2v) is 16.3. The summed E-state index contributed by atoms with van der Waals surface area (Å²) >= 11 is 0. The van der Waals surface area contributed by atoms with Gasteiger partial charge in [0.1, 0.15) is 0 Å². The molecule has 8 aromatic carbocycles. The SMILES string of the molecule is C(/C=C/c1ccc(N2c3cc(/C=C/C=C(c4ccccc4)c4ccccc4)cc(-c4cccc5ccccc45)c3C3CCCCC32)cc1)=C(c1ccccc1)c1ccccc1. The largest absolute Gasteiger partial charge is 0.337 e. The van der Waals surface area contributed by atoms with Crippen LogP contribution in [0.2, 0.25) is 0 Å². The van der Waals surface area contributed by atoms with Crippen molar-refractivity contribution in [3.05, 3.63) is 263 Å². The van der Waals surface area contributed by atoms with Gasteiger partial charge < -0.3 is 4.90 Å². The molecule has 2 atom stereocenters. The minimum Gasteiger partial charge on any atom is -0.337 e. The van der Waals surface area contributed by atoms with E-state index in [2.05, 4.69) is 242 Å². The molecule has 61 heavy (non-hydrogen) atoms. The zero-order valence-electron chi connectivity index (χ0n) is 34.4. The fourth-order valence-corrected chi connectivity index (χ4v) is 9.74. The van der Waals surface area contributed by atoms with Gasteiger partial charge in [-0.1, -0.05) is 225 Å². The summed E-state index contributed by atoms with van der Waals surface area (Å²) in [5.41, 5.74) is 16.5. The minimum atomic E-state index is 0.419. The summed E-state index contributed by atoms with van der Waals surface area (Å²) in [5, 5.41) is 2.59. The zero-order chi connectivity index (χ0) is 40.8. The second kappa shape index (κ2) is 17.6. The molecule has 0 amide bonds. The highest BCUT2D eigenvalue weighted by Crippen LogP contribution is 2.55. The third kappa shape index (κ3) is 7.96. The van der Waals surface area contributed by atoms with Crippen LogP contribution >= 0.6 is 0 Å². The number of anilines is 2. The number of rotatable bonds is 10. The molecule has 0 spiro atoms. The van der Waals surface area contributed by atoms with Crippen molar-refractivity contribution in [2.75, 3.05) is 4.90 Å². The van der Waals surface area contributed by atoms with Gasteiger partial charge in [-0.15, -0.1) is 0 Å². The van der Waals surface area contributed by atoms with E-state index in [1.54, 1.807) is 0 Å². The van der Waals surface area contributed by atoms with E-state index in [9.17, 15) is 0 Å². The molecule has 1 saturated carbocycles. The lowest BCUT2D eigenvalue weighted by Gasteiger charge is -2.33. The maximum atomic E-state index is 2.69. The van der Waals surface area contributed by atoms with E-state index in [0.717, 1.165) is 0 Å². The molecule has 1 fully saturated rings. The van der Waals surface area contributed by atoms with Crippen LogP contribution < -0.4 is 4.90 Å². The number of nitrogens with zero attached hydrogens (tertiary/aromatic N) is 1. The van der Waals surface area contributed by atoms with E-state index < -0.39 is 0 Å². The van der Waals surface area contributed by atoms with Crippen molar-refractivity contribution in [2.24, 2.45) is 0 Å². The lowest BCUT2D eigenvalue weighted by molar-refractivity contribution is 0.402. The number of allylic oxidation sites excluding steroid dienone is 4. The Hall–Kier alpha value is -7.22. The molecular formula is C60H49N. The molecule has 8 aromatic rings. The van der Waals surface area contributed by atoms with E-state index in [1.165, 1.54) is 109 Å². The first-order chi connectivity index (χ1) is 30.3. The lowest BCUT2D eigenvalue weighted by atomic mass is 9.79. The van der Waals surface area contributed by atoms with Gasteiger partial charge in [0.15, 0.2) is 0 Å². The van der Waals surface area contributed by atoms with E-state index >= 15 is 0 Å². The Morgan fingerprint density at radius 2 is 0.951 bits per heavy atom. The monoisotopic (exact) mass is 783 g/mol. The number of hydrogen-bond acceptors (Lipinski definition) is 1. The molecule has 1 aliphatic heterocycles. The Labute approximate surface area is 361 Å². The zero-order valence-corrected chi connectivity index (χ0v) is 34.4. The van der Waals surface area contributed by atoms with Crippen LogP contribution in [0.3, 0.4) is 0 Å². The van der Waals surface area contributed by atoms with Gasteiger partial charge >= 0.3 is 0 Å². The predicted molar refractivity (Wildman–Crippen MR) is 261 cm³/mol. The van der Waals surface area contributed by atoms with Crippen LogP contribution in [0.15, 0.2) is 224 Å². The Morgan fingerprint density at radius 1 is 0.443 bits per heavy atom. The van der Waals surface area contributed by atoms with Gasteiger partial charge in [-0.25, -0.2) is 0 Å². The van der Waals surface area contributed by atoms with Crippen molar-refractivity contribution in [3.8, 4) is 11.1 Å². The molecule has 2 unspecified atom stereocenters. The Bertz CT molecular complexity index is 2800. The fourth-order valence-electron chi connectivity index (χ4n) is 9.74. The van der Waals surface area contributed by atoms with Crippen molar-refractivity contribution in [3.63, 3.8) is 0 Å². The van der Waals surface area contributed by atoms with Gasteiger partial charge in [0.05, 0.1) is 0 Å². The first-order valence-corrected chi connectivity index (χ1v) is 21.8. The van der Waals surface area contributed by atoms with Crippen molar-refractivity contribution in [1.29, 1.82) is 0 Å². The molecule has 0 saturated heterocycles. The summed E-state index contributed by atoms with van der Waals surface area (Å²) in [4.78, 5) is 2.69. The van der Waals surface area contributed by atoms with E-state index in [1.807, 2.05) is 0 Å². The average Bonchev–Trinajstić information content (AvgIpc) is 3.67. The van der Waals surface area contributed by atoms with Crippen LogP contribution in [0.25, 0.3) is 45.2 Å². The summed E-state index contributed by atoms with van der Waals surface area (Å²) in [6.45, 7) is 0. The summed E-state index contributed by atoms with van der Waals surface area (Å²) in [6, 6.07) is 73.1. The Balaban J connectivity index is 1.06. The third-order valence-electron chi connectivity index (χ3n) is 12.6. The summed E-state index contributed by atoms with van der Waals surface area (Å²) < 4.78 is 0. The molecular weight excluding hydrogens is 735 g/mol. The molecule has 0 aromatic heterocycles. The first-order valence-electron chi connectivity index (χ1n) is 21.8. The predicted octanol–water partition coefficient (Wildman–Crippen LogP) is 16.0. The van der Waals surface area contributed by atoms with Crippen molar-refractivity contribution in [1.82, 2.24) is 0 Å². The molecule has 10 rings (SSSR count). The van der Waals surface area contributed by atoms with Gasteiger partial charge in [0, 0.05) is 23.3 Å². The van der Waals surface area contributed by atoms with Crippen LogP contribution in [0, 0.1) is 0 Å². The van der Waals surface area contributed by atoms with Crippen molar-refractivity contribution in [2.45, 2.75) is 37.6 Å². The highest BCUT2D eigenvalue weighted by atomic mass is 15.2. The van der Waals surface area contributed by atoms with Gasteiger partial charge in [0.2, 0.25) is 0 Å². The van der Waals surface area contributed by atoms with Crippen LogP contribution in [-0.2, 0) is 0 Å². The first kappa shape index (κ1) is 38.0. The summed E-state index contributed by atoms with van der Waals surface area (Å²) in [5.74, 6) is 0.470. The Morgan fingerprint density at radius 3 is 1.54 bits per heavy atom. The molecule has 0 radical (unpaired) electrons. The lowest BCUT2D eigenvalue weighted by Crippen LogP contribution is -2.32. The third-order valence-corrected chi connectivity index (χ3v) is 12.6. The smallest absolute Gasteiger partial charge is 0.0462 e. The molecule has 1 heterocycles. The molecule has 0 bridgehead atoms. The maximum Gasteiger partial charge on any atom is 0.0462 e. The average molecular weight is 784 g/mol. The van der Waals surface area contributed by atoms with Crippen LogP contribution in [0.1, 0.15) is 70.5 Å². The van der Waals surface area contributed by atoms with Crippen LogP contribution in [0.5, 0.6) is 0 Å². The fraction of sp³-hybridized carbons (Fsp3) is 0.100. The highest BCUT2D eigenvalue weighted by Gasteiger charge is 2.42. The van der Waals surface area contributed by atoms with Gasteiger partial charge in [0.25, 0.3) is 0 Å². The number of fused-ring (bicyclic) bond motifs is 4. The number of hydrogen-bond donors (Lipinski definition) is 0. The normalized spacial score (nSPS) is 15.8. The molecule has 0 N–H and O–H groups in total. The van der Waals surface area contributed by atoms with Gasteiger partial charge in [-0.2, -0.15) is 0 Å². The summed E-state index contributed by atoms with van der Waals surface area (Å²) in [6.07, 6.45) is 18.4.